The number of hydrazone groups is 1. The summed E-state index contributed by atoms with van der Waals surface area (Å²) in [5.41, 5.74) is 5.41. The van der Waals surface area contributed by atoms with Gasteiger partial charge in [0.15, 0.2) is 17.3 Å². The SMILES string of the molecule is COc1cc2cc(CC(C)(Oc3ccc(C(N)=NN4CCOCC4)cc3)C(=O)O)sc2cc1OC. The van der Waals surface area contributed by atoms with Crippen LogP contribution in [0.5, 0.6) is 17.2 Å². The van der Waals surface area contributed by atoms with Crippen LogP contribution in [0.15, 0.2) is 47.6 Å². The van der Waals surface area contributed by atoms with Gasteiger partial charge in [-0.15, -0.1) is 11.3 Å². The zero-order chi connectivity index (χ0) is 25.0. The van der Waals surface area contributed by atoms with E-state index in [-0.39, 0.29) is 6.42 Å². The molecule has 3 aromatic rings. The van der Waals surface area contributed by atoms with Gasteiger partial charge in [-0.25, -0.2) is 4.79 Å². The zero-order valence-electron chi connectivity index (χ0n) is 19.9. The van der Waals surface area contributed by atoms with Crippen molar-refractivity contribution in [1.29, 1.82) is 0 Å². The molecule has 186 valence electrons. The Kier molecular flexibility index (Phi) is 7.32. The maximum absolute atomic E-state index is 12.2. The number of ether oxygens (including phenoxy) is 4. The number of carbonyl (C=O) groups is 1. The number of morpholine rings is 1. The Labute approximate surface area is 207 Å². The van der Waals surface area contributed by atoms with Crippen LogP contribution in [0, 0.1) is 0 Å². The Morgan fingerprint density at radius 1 is 1.14 bits per heavy atom. The van der Waals surface area contributed by atoms with Gasteiger partial charge in [-0.05, 0) is 48.7 Å². The summed E-state index contributed by atoms with van der Waals surface area (Å²) in [5, 5.41) is 17.3. The number of aliphatic carboxylic acids is 1. The summed E-state index contributed by atoms with van der Waals surface area (Å²) in [6.45, 7) is 4.20. The monoisotopic (exact) mass is 499 g/mol. The summed E-state index contributed by atoms with van der Waals surface area (Å²) >= 11 is 1.50. The van der Waals surface area contributed by atoms with Crippen LogP contribution < -0.4 is 19.9 Å². The quantitative estimate of drug-likeness (QED) is 0.340. The van der Waals surface area contributed by atoms with E-state index in [0.717, 1.165) is 20.5 Å². The van der Waals surface area contributed by atoms with Crippen LogP contribution in [-0.2, 0) is 16.0 Å². The molecule has 1 atom stereocenters. The van der Waals surface area contributed by atoms with E-state index in [9.17, 15) is 9.90 Å². The highest BCUT2D eigenvalue weighted by Crippen LogP contribution is 2.37. The average Bonchev–Trinajstić information content (AvgIpc) is 3.24. The molecule has 4 rings (SSSR count). The maximum atomic E-state index is 12.2. The number of thiophene rings is 1. The van der Waals surface area contributed by atoms with Gasteiger partial charge < -0.3 is 29.8 Å². The van der Waals surface area contributed by atoms with Crippen LogP contribution in [-0.4, -0.2) is 68.0 Å². The number of hydrogen-bond donors (Lipinski definition) is 2. The average molecular weight is 500 g/mol. The molecular formula is C25H29N3O6S. The topological polar surface area (TPSA) is 116 Å². The lowest BCUT2D eigenvalue weighted by atomic mass is 10.0. The largest absolute Gasteiger partial charge is 0.493 e. The van der Waals surface area contributed by atoms with Crippen molar-refractivity contribution in [3.63, 3.8) is 0 Å². The van der Waals surface area contributed by atoms with Crippen LogP contribution in [0.2, 0.25) is 0 Å². The van der Waals surface area contributed by atoms with Gasteiger partial charge in [-0.3, -0.25) is 5.01 Å². The van der Waals surface area contributed by atoms with Crippen LogP contribution >= 0.6 is 11.3 Å². The fraction of sp³-hybridized carbons (Fsp3) is 0.360. The molecule has 1 aliphatic rings. The molecule has 2 heterocycles. The van der Waals surface area contributed by atoms with Gasteiger partial charge in [0.25, 0.3) is 0 Å². The molecule has 1 fully saturated rings. The normalized spacial score (nSPS) is 16.1. The first kappa shape index (κ1) is 24.6. The molecule has 0 bridgehead atoms. The first-order chi connectivity index (χ1) is 16.8. The van der Waals surface area contributed by atoms with Crippen molar-refractivity contribution in [2.24, 2.45) is 10.8 Å². The second kappa shape index (κ2) is 10.4. The Balaban J connectivity index is 1.51. The number of methoxy groups -OCH3 is 2. The third kappa shape index (κ3) is 5.60. The summed E-state index contributed by atoms with van der Waals surface area (Å²) in [6.07, 6.45) is 0.189. The van der Waals surface area contributed by atoms with E-state index in [4.69, 9.17) is 24.7 Å². The Morgan fingerprint density at radius 2 is 1.80 bits per heavy atom. The number of fused-ring (bicyclic) bond motifs is 1. The number of benzene rings is 2. The van der Waals surface area contributed by atoms with Gasteiger partial charge >= 0.3 is 5.97 Å². The van der Waals surface area contributed by atoms with Crippen molar-refractivity contribution in [3.05, 3.63) is 52.9 Å². The third-order valence-electron chi connectivity index (χ3n) is 5.77. The molecule has 9 nitrogen and oxygen atoms in total. The minimum absolute atomic E-state index is 0.189. The summed E-state index contributed by atoms with van der Waals surface area (Å²) in [7, 11) is 3.17. The third-order valence-corrected chi connectivity index (χ3v) is 6.87. The maximum Gasteiger partial charge on any atom is 0.348 e. The predicted molar refractivity (Wildman–Crippen MR) is 135 cm³/mol. The standard InChI is InChI=1S/C25H29N3O6S/c1-25(24(29)30,15-19-12-17-13-20(31-2)21(32-3)14-22(17)35-19)34-18-6-4-16(5-7-18)23(26)27-28-8-10-33-11-9-28/h4-7,12-14H,8-11,15H2,1-3H3,(H2,26,27)(H,29,30). The second-order valence-electron chi connectivity index (χ2n) is 8.35. The lowest BCUT2D eigenvalue weighted by molar-refractivity contribution is -0.153. The number of carboxylic acids is 1. The number of nitrogens with zero attached hydrogens (tertiary/aromatic N) is 2. The van der Waals surface area contributed by atoms with Gasteiger partial charge in [0, 0.05) is 27.6 Å². The summed E-state index contributed by atoms with van der Waals surface area (Å²) in [4.78, 5) is 13.1. The summed E-state index contributed by atoms with van der Waals surface area (Å²) < 4.78 is 23.0. The first-order valence-corrected chi connectivity index (χ1v) is 12.0. The van der Waals surface area contributed by atoms with E-state index in [1.54, 1.807) is 45.4 Å². The minimum Gasteiger partial charge on any atom is -0.493 e. The van der Waals surface area contributed by atoms with Gasteiger partial charge in [0.1, 0.15) is 5.75 Å². The van der Waals surface area contributed by atoms with Crippen molar-refractivity contribution >= 4 is 33.2 Å². The van der Waals surface area contributed by atoms with E-state index in [1.165, 1.54) is 11.3 Å². The highest BCUT2D eigenvalue weighted by atomic mass is 32.1. The molecule has 35 heavy (non-hydrogen) atoms. The predicted octanol–water partition coefficient (Wildman–Crippen LogP) is 3.34. The Morgan fingerprint density at radius 3 is 2.43 bits per heavy atom. The smallest absolute Gasteiger partial charge is 0.348 e. The second-order valence-corrected chi connectivity index (χ2v) is 9.52. The van der Waals surface area contributed by atoms with E-state index < -0.39 is 11.6 Å². The molecule has 0 radical (unpaired) electrons. The molecule has 1 aromatic heterocycles. The van der Waals surface area contributed by atoms with Crippen LogP contribution in [0.3, 0.4) is 0 Å². The minimum atomic E-state index is -1.47. The lowest BCUT2D eigenvalue weighted by Gasteiger charge is -2.26. The van der Waals surface area contributed by atoms with Crippen LogP contribution in [0.4, 0.5) is 0 Å². The molecule has 10 heteroatoms. The number of carboxylic acid groups (broad SMARTS) is 1. The van der Waals surface area contributed by atoms with Crippen molar-refractivity contribution < 1.29 is 28.8 Å². The molecule has 1 unspecified atom stereocenters. The van der Waals surface area contributed by atoms with E-state index >= 15 is 0 Å². The molecule has 3 N–H and O–H groups in total. The van der Waals surface area contributed by atoms with Gasteiger partial charge in [-0.2, -0.15) is 5.10 Å². The Bertz CT molecular complexity index is 1180. The molecule has 2 aromatic carbocycles. The lowest BCUT2D eigenvalue weighted by Crippen LogP contribution is -2.43. The zero-order valence-corrected chi connectivity index (χ0v) is 20.8. The Hall–Kier alpha value is -3.50. The van der Waals surface area contributed by atoms with E-state index in [2.05, 4.69) is 5.10 Å². The first-order valence-electron chi connectivity index (χ1n) is 11.2. The van der Waals surface area contributed by atoms with Gasteiger partial charge in [0.05, 0.1) is 40.5 Å². The van der Waals surface area contributed by atoms with Gasteiger partial charge in [-0.1, -0.05) is 0 Å². The number of hydrogen-bond acceptors (Lipinski definition) is 8. The summed E-state index contributed by atoms with van der Waals surface area (Å²) in [6, 6.07) is 12.7. The molecule has 0 aliphatic carbocycles. The number of nitrogens with two attached hydrogens (primary N) is 1. The van der Waals surface area contributed by atoms with Crippen molar-refractivity contribution in [2.75, 3.05) is 40.5 Å². The van der Waals surface area contributed by atoms with Crippen molar-refractivity contribution in [2.45, 2.75) is 18.9 Å². The van der Waals surface area contributed by atoms with Crippen molar-refractivity contribution in [3.8, 4) is 17.2 Å². The van der Waals surface area contributed by atoms with E-state index in [1.807, 2.05) is 23.2 Å². The molecular weight excluding hydrogens is 470 g/mol. The molecule has 0 amide bonds. The highest BCUT2D eigenvalue weighted by molar-refractivity contribution is 7.19. The van der Waals surface area contributed by atoms with Crippen LogP contribution in [0.1, 0.15) is 17.4 Å². The van der Waals surface area contributed by atoms with E-state index in [0.29, 0.717) is 49.4 Å². The fourth-order valence-electron chi connectivity index (χ4n) is 3.81. The molecule has 1 saturated heterocycles. The molecule has 0 spiro atoms. The highest BCUT2D eigenvalue weighted by Gasteiger charge is 2.36. The number of rotatable bonds is 9. The molecule has 0 saturated carbocycles. The number of amidine groups is 1. The van der Waals surface area contributed by atoms with Gasteiger partial charge in [0.2, 0.25) is 5.60 Å². The molecule has 1 aliphatic heterocycles. The van der Waals surface area contributed by atoms with Crippen molar-refractivity contribution in [1.82, 2.24) is 5.01 Å². The van der Waals surface area contributed by atoms with Crippen LogP contribution in [0.25, 0.3) is 10.1 Å². The summed E-state index contributed by atoms with van der Waals surface area (Å²) in [5.74, 6) is 1.01. The fourth-order valence-corrected chi connectivity index (χ4v) is 5.03.